The maximum atomic E-state index is 2.40. The Balaban J connectivity index is 0. The quantitative estimate of drug-likeness (QED) is 0.465. The van der Waals surface area contributed by atoms with E-state index in [0.717, 1.165) is 11.8 Å². The van der Waals surface area contributed by atoms with Gasteiger partial charge in [0.2, 0.25) is 0 Å². The highest BCUT2D eigenvalue weighted by molar-refractivity contribution is 5.44. The molecule has 0 N–H and O–H groups in total. The largest absolute Gasteiger partial charge is 0.0838 e. The second kappa shape index (κ2) is 15.1. The normalized spacial score (nSPS) is 15.8. The van der Waals surface area contributed by atoms with Crippen molar-refractivity contribution in [2.45, 2.75) is 94.4 Å². The number of allylic oxidation sites excluding steroid dienone is 6. The Morgan fingerprint density at radius 3 is 2.14 bits per heavy atom. The van der Waals surface area contributed by atoms with Gasteiger partial charge in [0.1, 0.15) is 0 Å². The molecule has 1 rings (SSSR count). The molecule has 1 aliphatic rings. The Morgan fingerprint density at radius 1 is 1.09 bits per heavy atom. The van der Waals surface area contributed by atoms with E-state index in [1.165, 1.54) is 37.7 Å². The van der Waals surface area contributed by atoms with Crippen LogP contribution in [0, 0.1) is 11.8 Å². The molecule has 1 aliphatic carbocycles. The first-order valence-corrected chi connectivity index (χ1v) is 9.56. The highest BCUT2D eigenvalue weighted by atomic mass is 14.2. The maximum absolute atomic E-state index is 2.40. The molecular weight excluding hydrogens is 264 g/mol. The van der Waals surface area contributed by atoms with Gasteiger partial charge < -0.3 is 0 Å². The van der Waals surface area contributed by atoms with Gasteiger partial charge in [-0.1, -0.05) is 85.1 Å². The van der Waals surface area contributed by atoms with Gasteiger partial charge >= 0.3 is 0 Å². The van der Waals surface area contributed by atoms with Gasteiger partial charge in [-0.3, -0.25) is 0 Å². The summed E-state index contributed by atoms with van der Waals surface area (Å²) in [7, 11) is 0. The van der Waals surface area contributed by atoms with Crippen molar-refractivity contribution in [2.75, 3.05) is 0 Å². The summed E-state index contributed by atoms with van der Waals surface area (Å²) >= 11 is 0. The molecule has 0 aromatic rings. The van der Waals surface area contributed by atoms with E-state index in [0.29, 0.717) is 0 Å². The third kappa shape index (κ3) is 10.0. The lowest BCUT2D eigenvalue weighted by molar-refractivity contribution is 0.448. The lowest BCUT2D eigenvalue weighted by atomic mass is 9.86. The third-order valence-corrected chi connectivity index (χ3v) is 3.93. The lowest BCUT2D eigenvalue weighted by Crippen LogP contribution is -2.03. The summed E-state index contributed by atoms with van der Waals surface area (Å²) in [5.41, 5.74) is 4.64. The molecule has 22 heavy (non-hydrogen) atoms. The highest BCUT2D eigenvalue weighted by Crippen LogP contribution is 2.30. The molecule has 1 unspecified atom stereocenters. The van der Waals surface area contributed by atoms with Crippen molar-refractivity contribution in [3.63, 3.8) is 0 Å². The maximum Gasteiger partial charge on any atom is -0.0242 e. The highest BCUT2D eigenvalue weighted by Gasteiger charge is 2.12. The van der Waals surface area contributed by atoms with E-state index >= 15 is 0 Å². The zero-order valence-corrected chi connectivity index (χ0v) is 16.9. The van der Waals surface area contributed by atoms with Crippen molar-refractivity contribution in [1.29, 1.82) is 0 Å². The second-order valence-electron chi connectivity index (χ2n) is 6.23. The van der Waals surface area contributed by atoms with Crippen LogP contribution in [0.25, 0.3) is 0 Å². The fourth-order valence-electron chi connectivity index (χ4n) is 2.64. The van der Waals surface area contributed by atoms with Crippen LogP contribution in [0.5, 0.6) is 0 Å². The monoisotopic (exact) mass is 306 g/mol. The van der Waals surface area contributed by atoms with Gasteiger partial charge in [0, 0.05) is 0 Å². The van der Waals surface area contributed by atoms with E-state index in [1.54, 1.807) is 11.1 Å². The average molecular weight is 307 g/mol. The van der Waals surface area contributed by atoms with Crippen LogP contribution in [0.15, 0.2) is 34.9 Å². The van der Waals surface area contributed by atoms with Crippen LogP contribution in [0.3, 0.4) is 0 Å². The molecule has 1 atom stereocenters. The minimum atomic E-state index is 0.800. The molecule has 0 saturated carbocycles. The Hall–Kier alpha value is -0.780. The SMILES string of the molecule is C/C=C(/CC(C)CCC(C)C)C1=C(C)CCC=C1.CC.CC. The number of hydrogen-bond acceptors (Lipinski definition) is 0. The average Bonchev–Trinajstić information content (AvgIpc) is 2.55. The van der Waals surface area contributed by atoms with Crippen molar-refractivity contribution in [2.24, 2.45) is 11.8 Å². The van der Waals surface area contributed by atoms with E-state index in [4.69, 9.17) is 0 Å². The summed E-state index contributed by atoms with van der Waals surface area (Å²) in [6, 6.07) is 0. The van der Waals surface area contributed by atoms with Crippen LogP contribution in [0.1, 0.15) is 94.4 Å². The Kier molecular flexibility index (Phi) is 16.2. The van der Waals surface area contributed by atoms with Gasteiger partial charge in [-0.15, -0.1) is 0 Å². The molecule has 0 aromatic heterocycles. The summed E-state index contributed by atoms with van der Waals surface area (Å²) in [5, 5.41) is 0. The Morgan fingerprint density at radius 2 is 1.68 bits per heavy atom. The summed E-state index contributed by atoms with van der Waals surface area (Å²) in [6.07, 6.45) is 13.4. The van der Waals surface area contributed by atoms with E-state index in [9.17, 15) is 0 Å². The standard InChI is InChI=1S/C18H30.2C2H6/c1-6-17(13-15(4)12-11-14(2)3)18-10-8-7-9-16(18)5;2*1-2/h6,8,10,14-15H,7,9,11-13H2,1-5H3;2*1-2H3/b17-6-;;. The fourth-order valence-corrected chi connectivity index (χ4v) is 2.64. The predicted molar refractivity (Wildman–Crippen MR) is 105 cm³/mol. The van der Waals surface area contributed by atoms with Gasteiger partial charge in [0.15, 0.2) is 0 Å². The molecule has 0 nitrogen and oxygen atoms in total. The zero-order chi connectivity index (χ0) is 17.5. The first-order chi connectivity index (χ1) is 10.5. The topological polar surface area (TPSA) is 0 Å². The molecule has 0 aliphatic heterocycles. The van der Waals surface area contributed by atoms with Crippen LogP contribution >= 0.6 is 0 Å². The molecule has 130 valence electrons. The summed E-state index contributed by atoms with van der Waals surface area (Å²) < 4.78 is 0. The molecule has 0 heteroatoms. The number of hydrogen-bond donors (Lipinski definition) is 0. The molecule has 0 fully saturated rings. The van der Waals surface area contributed by atoms with Gasteiger partial charge in [-0.05, 0) is 56.1 Å². The first-order valence-electron chi connectivity index (χ1n) is 9.56. The summed E-state index contributed by atoms with van der Waals surface area (Å²) in [4.78, 5) is 0. The van der Waals surface area contributed by atoms with Gasteiger partial charge in [-0.25, -0.2) is 0 Å². The van der Waals surface area contributed by atoms with Crippen LogP contribution < -0.4 is 0 Å². The fraction of sp³-hybridized carbons (Fsp3) is 0.727. The van der Waals surface area contributed by atoms with Crippen LogP contribution in [0.2, 0.25) is 0 Å². The lowest BCUT2D eigenvalue weighted by Gasteiger charge is -2.20. The van der Waals surface area contributed by atoms with E-state index < -0.39 is 0 Å². The smallest absolute Gasteiger partial charge is 0.0242 e. The van der Waals surface area contributed by atoms with Crippen LogP contribution in [-0.4, -0.2) is 0 Å². The Bertz CT molecular complexity index is 339. The molecule has 0 radical (unpaired) electrons. The van der Waals surface area contributed by atoms with Crippen molar-refractivity contribution < 1.29 is 0 Å². The molecule has 0 aromatic carbocycles. The number of rotatable bonds is 6. The van der Waals surface area contributed by atoms with E-state index in [-0.39, 0.29) is 0 Å². The van der Waals surface area contributed by atoms with Crippen LogP contribution in [-0.2, 0) is 0 Å². The molecule has 0 amide bonds. The van der Waals surface area contributed by atoms with Gasteiger partial charge in [0.05, 0.1) is 0 Å². The Labute approximate surface area is 141 Å². The molecule has 0 saturated heterocycles. The molecule has 0 bridgehead atoms. The van der Waals surface area contributed by atoms with Crippen molar-refractivity contribution in [3.8, 4) is 0 Å². The second-order valence-corrected chi connectivity index (χ2v) is 6.23. The summed E-state index contributed by atoms with van der Waals surface area (Å²) in [6.45, 7) is 19.5. The molecule has 0 heterocycles. The van der Waals surface area contributed by atoms with Crippen molar-refractivity contribution >= 4 is 0 Å². The van der Waals surface area contributed by atoms with Crippen molar-refractivity contribution in [3.05, 3.63) is 34.9 Å². The van der Waals surface area contributed by atoms with Gasteiger partial charge in [-0.2, -0.15) is 0 Å². The molecular formula is C22H42. The first kappa shape index (κ1) is 23.5. The minimum Gasteiger partial charge on any atom is -0.0838 e. The van der Waals surface area contributed by atoms with E-state index in [2.05, 4.69) is 52.8 Å². The predicted octanol–water partition coefficient (Wildman–Crippen LogP) is 8.11. The van der Waals surface area contributed by atoms with Crippen molar-refractivity contribution in [1.82, 2.24) is 0 Å². The minimum absolute atomic E-state index is 0.800. The van der Waals surface area contributed by atoms with Gasteiger partial charge in [0.25, 0.3) is 0 Å². The van der Waals surface area contributed by atoms with Crippen LogP contribution in [0.4, 0.5) is 0 Å². The zero-order valence-electron chi connectivity index (χ0n) is 16.9. The molecule has 0 spiro atoms. The van der Waals surface area contributed by atoms with E-state index in [1.807, 2.05) is 27.7 Å². The summed E-state index contributed by atoms with van der Waals surface area (Å²) in [5.74, 6) is 1.63. The third-order valence-electron chi connectivity index (χ3n) is 3.93.